The Morgan fingerprint density at radius 3 is 2.89 bits per heavy atom. The van der Waals surface area contributed by atoms with Gasteiger partial charge in [-0.3, -0.25) is 10.3 Å². The minimum absolute atomic E-state index is 0.111. The maximum atomic E-state index is 9.17. The molecule has 3 nitrogen and oxygen atoms in total. The van der Waals surface area contributed by atoms with E-state index in [1.807, 2.05) is 6.21 Å². The zero-order valence-electron chi connectivity index (χ0n) is 5.17. The summed E-state index contributed by atoms with van der Waals surface area (Å²) in [4.78, 5) is 4.22. The minimum atomic E-state index is -0.378. The predicted molar refractivity (Wildman–Crippen MR) is 34.5 cm³/mol. The van der Waals surface area contributed by atoms with Gasteiger partial charge in [0.15, 0.2) is 0 Å². The monoisotopic (exact) mass is 126 g/mol. The van der Waals surface area contributed by atoms with Gasteiger partial charge in [-0.15, -0.1) is 0 Å². The van der Waals surface area contributed by atoms with Crippen molar-refractivity contribution in [3.63, 3.8) is 0 Å². The lowest BCUT2D eigenvalue weighted by atomic mass is 9.88. The van der Waals surface area contributed by atoms with Crippen LogP contribution in [0.5, 0.6) is 0 Å². The Morgan fingerprint density at radius 1 is 1.78 bits per heavy atom. The number of rotatable bonds is 0. The topological polar surface area (TPSA) is 44.6 Å². The molecule has 0 aromatic rings. The molecule has 9 heavy (non-hydrogen) atoms. The predicted octanol–water partition coefficient (Wildman–Crippen LogP) is -0.489. The maximum Gasteiger partial charge on any atom is 0.131 e. The number of aliphatic imine (C=N–C) groups is 1. The highest BCUT2D eigenvalue weighted by Crippen LogP contribution is 2.30. The van der Waals surface area contributed by atoms with Crippen molar-refractivity contribution in [2.45, 2.75) is 24.6 Å². The Balaban J connectivity index is 2.15. The van der Waals surface area contributed by atoms with Crippen LogP contribution < -0.4 is 5.32 Å². The van der Waals surface area contributed by atoms with E-state index in [1.54, 1.807) is 0 Å². The Labute approximate surface area is 53.8 Å². The third kappa shape index (κ3) is 0.559. The molecule has 2 aliphatic rings. The molecule has 0 radical (unpaired) electrons. The lowest BCUT2D eigenvalue weighted by Crippen LogP contribution is -2.65. The largest absolute Gasteiger partial charge is 0.376 e. The third-order valence-corrected chi connectivity index (χ3v) is 2.17. The van der Waals surface area contributed by atoms with Gasteiger partial charge in [0.2, 0.25) is 0 Å². The van der Waals surface area contributed by atoms with Gasteiger partial charge in [0, 0.05) is 6.54 Å². The lowest BCUT2D eigenvalue weighted by Gasteiger charge is -2.41. The van der Waals surface area contributed by atoms with Crippen molar-refractivity contribution >= 4 is 6.21 Å². The molecule has 0 aromatic heterocycles. The Kier molecular flexibility index (Phi) is 0.926. The SMILES string of the molecule is OC1NCC12CCC=N2. The van der Waals surface area contributed by atoms with Crippen LogP contribution in [0.3, 0.4) is 0 Å². The molecule has 0 saturated carbocycles. The summed E-state index contributed by atoms with van der Waals surface area (Å²) in [5.41, 5.74) is -0.111. The molecule has 2 aliphatic heterocycles. The second kappa shape index (κ2) is 1.55. The number of nitrogens with zero attached hydrogens (tertiary/aromatic N) is 1. The molecule has 2 rings (SSSR count). The molecule has 2 atom stereocenters. The van der Waals surface area contributed by atoms with Crippen molar-refractivity contribution < 1.29 is 5.11 Å². The van der Waals surface area contributed by atoms with Crippen LogP contribution in [0.2, 0.25) is 0 Å². The molecule has 1 fully saturated rings. The molecule has 50 valence electrons. The average molecular weight is 126 g/mol. The number of aliphatic hydroxyl groups is 1. The summed E-state index contributed by atoms with van der Waals surface area (Å²) in [5, 5.41) is 12.1. The molecule has 0 amide bonds. The Bertz CT molecular complexity index is 157. The summed E-state index contributed by atoms with van der Waals surface area (Å²) in [6.07, 6.45) is 3.57. The smallest absolute Gasteiger partial charge is 0.131 e. The highest BCUT2D eigenvalue weighted by molar-refractivity contribution is 5.61. The van der Waals surface area contributed by atoms with E-state index in [1.165, 1.54) is 0 Å². The van der Waals surface area contributed by atoms with Crippen LogP contribution in [0.1, 0.15) is 12.8 Å². The van der Waals surface area contributed by atoms with Crippen LogP contribution >= 0.6 is 0 Å². The van der Waals surface area contributed by atoms with Crippen LogP contribution in [-0.2, 0) is 0 Å². The molecule has 0 bridgehead atoms. The normalized spacial score (nSPS) is 47.9. The van der Waals surface area contributed by atoms with E-state index < -0.39 is 0 Å². The van der Waals surface area contributed by atoms with E-state index in [-0.39, 0.29) is 11.8 Å². The number of hydrogen-bond donors (Lipinski definition) is 2. The standard InChI is InChI=1S/C6H10N2O/c9-5-6(4-7-5)2-1-3-8-6/h3,5,7,9H,1-2,4H2. The van der Waals surface area contributed by atoms with Crippen LogP contribution in [0.15, 0.2) is 4.99 Å². The average Bonchev–Trinajstić information content (AvgIpc) is 2.34. The lowest BCUT2D eigenvalue weighted by molar-refractivity contribution is -0.0131. The van der Waals surface area contributed by atoms with Gasteiger partial charge in [0.1, 0.15) is 11.8 Å². The Morgan fingerprint density at radius 2 is 2.67 bits per heavy atom. The highest BCUT2D eigenvalue weighted by atomic mass is 16.3. The van der Waals surface area contributed by atoms with Crippen molar-refractivity contribution in [3.05, 3.63) is 0 Å². The second-order valence-corrected chi connectivity index (χ2v) is 2.74. The van der Waals surface area contributed by atoms with Gasteiger partial charge in [0.05, 0.1) is 0 Å². The molecule has 1 saturated heterocycles. The van der Waals surface area contributed by atoms with E-state index >= 15 is 0 Å². The summed E-state index contributed by atoms with van der Waals surface area (Å²) in [6, 6.07) is 0. The summed E-state index contributed by atoms with van der Waals surface area (Å²) in [6.45, 7) is 0.852. The van der Waals surface area contributed by atoms with Crippen LogP contribution in [0, 0.1) is 0 Å². The van der Waals surface area contributed by atoms with Gasteiger partial charge in [-0.2, -0.15) is 0 Å². The van der Waals surface area contributed by atoms with Crippen molar-refractivity contribution in [3.8, 4) is 0 Å². The highest BCUT2D eigenvalue weighted by Gasteiger charge is 2.46. The summed E-state index contributed by atoms with van der Waals surface area (Å²) >= 11 is 0. The molecule has 3 heteroatoms. The molecule has 0 aliphatic carbocycles. The van der Waals surface area contributed by atoms with E-state index in [9.17, 15) is 5.11 Å². The summed E-state index contributed by atoms with van der Waals surface area (Å²) in [7, 11) is 0. The first-order valence-electron chi connectivity index (χ1n) is 3.29. The molecule has 0 aromatic carbocycles. The van der Waals surface area contributed by atoms with Gasteiger partial charge >= 0.3 is 0 Å². The van der Waals surface area contributed by atoms with Crippen molar-refractivity contribution in [2.75, 3.05) is 6.54 Å². The first-order valence-corrected chi connectivity index (χ1v) is 3.29. The van der Waals surface area contributed by atoms with E-state index in [0.29, 0.717) is 0 Å². The van der Waals surface area contributed by atoms with Gasteiger partial charge in [0.25, 0.3) is 0 Å². The maximum absolute atomic E-state index is 9.17. The molecule has 1 spiro atoms. The first kappa shape index (κ1) is 5.38. The molecule has 2 N–H and O–H groups in total. The zero-order valence-corrected chi connectivity index (χ0v) is 5.17. The van der Waals surface area contributed by atoms with Gasteiger partial charge in [-0.1, -0.05) is 0 Å². The zero-order chi connectivity index (χ0) is 6.32. The van der Waals surface area contributed by atoms with Crippen LogP contribution in [0.4, 0.5) is 0 Å². The van der Waals surface area contributed by atoms with E-state index in [0.717, 1.165) is 19.4 Å². The Hall–Kier alpha value is -0.410. The third-order valence-electron chi connectivity index (χ3n) is 2.17. The number of hydrogen-bond acceptors (Lipinski definition) is 3. The number of nitrogens with one attached hydrogen (secondary N) is 1. The van der Waals surface area contributed by atoms with Crippen molar-refractivity contribution in [2.24, 2.45) is 4.99 Å². The summed E-state index contributed by atoms with van der Waals surface area (Å²) < 4.78 is 0. The van der Waals surface area contributed by atoms with E-state index in [2.05, 4.69) is 10.3 Å². The van der Waals surface area contributed by atoms with Crippen molar-refractivity contribution in [1.82, 2.24) is 5.32 Å². The number of aliphatic hydroxyl groups excluding tert-OH is 1. The van der Waals surface area contributed by atoms with Crippen molar-refractivity contribution in [1.29, 1.82) is 0 Å². The molecule has 2 heterocycles. The van der Waals surface area contributed by atoms with Gasteiger partial charge in [-0.25, -0.2) is 0 Å². The second-order valence-electron chi connectivity index (χ2n) is 2.74. The molecule has 2 unspecified atom stereocenters. The summed E-state index contributed by atoms with van der Waals surface area (Å²) in [5.74, 6) is 0. The molecular weight excluding hydrogens is 116 g/mol. The van der Waals surface area contributed by atoms with Crippen LogP contribution in [0.25, 0.3) is 0 Å². The fraction of sp³-hybridized carbons (Fsp3) is 0.833. The van der Waals surface area contributed by atoms with Crippen LogP contribution in [-0.4, -0.2) is 29.6 Å². The minimum Gasteiger partial charge on any atom is -0.376 e. The first-order chi connectivity index (χ1) is 4.33. The van der Waals surface area contributed by atoms with Gasteiger partial charge in [-0.05, 0) is 19.1 Å². The van der Waals surface area contributed by atoms with E-state index in [4.69, 9.17) is 0 Å². The fourth-order valence-electron chi connectivity index (χ4n) is 1.40. The molecular formula is C6H10N2O. The van der Waals surface area contributed by atoms with Gasteiger partial charge < -0.3 is 5.11 Å². The fourth-order valence-corrected chi connectivity index (χ4v) is 1.40. The quantitative estimate of drug-likeness (QED) is 0.460.